The Labute approximate surface area is 192 Å². The van der Waals surface area contributed by atoms with Gasteiger partial charge in [0.1, 0.15) is 11.9 Å². The van der Waals surface area contributed by atoms with Crippen LogP contribution >= 0.6 is 0 Å². The molecule has 0 aliphatic heterocycles. The van der Waals surface area contributed by atoms with Crippen molar-refractivity contribution in [3.8, 4) is 0 Å². The molecule has 32 heavy (non-hydrogen) atoms. The van der Waals surface area contributed by atoms with E-state index in [1.807, 2.05) is 0 Å². The van der Waals surface area contributed by atoms with Gasteiger partial charge in [0.05, 0.1) is 17.7 Å². The topological polar surface area (TPSA) is 107 Å². The lowest BCUT2D eigenvalue weighted by molar-refractivity contribution is 0.0454. The van der Waals surface area contributed by atoms with Crippen molar-refractivity contribution in [2.45, 2.75) is 89.7 Å². The molecule has 0 saturated carbocycles. The number of esters is 2. The summed E-state index contributed by atoms with van der Waals surface area (Å²) in [6.07, 6.45) is 13.2. The van der Waals surface area contributed by atoms with Crippen molar-refractivity contribution in [2.24, 2.45) is 0 Å². The SMILES string of the molecule is CCCCCCCCCCCCCOC(=O)c1ccccc1C(=O)OCC(C)S(=O)(=O)O. The number of benzene rings is 1. The Morgan fingerprint density at radius 1 is 0.812 bits per heavy atom. The first-order valence-electron chi connectivity index (χ1n) is 11.7. The Morgan fingerprint density at radius 3 is 1.72 bits per heavy atom. The zero-order valence-electron chi connectivity index (χ0n) is 19.4. The van der Waals surface area contributed by atoms with E-state index in [-0.39, 0.29) is 17.7 Å². The zero-order chi connectivity index (χ0) is 23.8. The summed E-state index contributed by atoms with van der Waals surface area (Å²) >= 11 is 0. The number of ether oxygens (including phenoxy) is 2. The van der Waals surface area contributed by atoms with E-state index in [0.717, 1.165) is 19.3 Å². The summed E-state index contributed by atoms with van der Waals surface area (Å²) in [5.41, 5.74) is 0.0686. The van der Waals surface area contributed by atoms with Gasteiger partial charge in [-0.05, 0) is 25.5 Å². The molecule has 1 N–H and O–H groups in total. The maximum absolute atomic E-state index is 12.4. The van der Waals surface area contributed by atoms with Crippen molar-refractivity contribution in [1.82, 2.24) is 0 Å². The predicted molar refractivity (Wildman–Crippen MR) is 124 cm³/mol. The summed E-state index contributed by atoms with van der Waals surface area (Å²) in [5, 5.41) is -1.26. The molecule has 0 aliphatic carbocycles. The highest BCUT2D eigenvalue weighted by molar-refractivity contribution is 7.86. The number of carbonyl (C=O) groups excluding carboxylic acids is 2. The van der Waals surface area contributed by atoms with Gasteiger partial charge in [0, 0.05) is 0 Å². The van der Waals surface area contributed by atoms with E-state index in [4.69, 9.17) is 14.0 Å². The maximum Gasteiger partial charge on any atom is 0.339 e. The van der Waals surface area contributed by atoms with Gasteiger partial charge in [-0.25, -0.2) is 9.59 Å². The summed E-state index contributed by atoms with van der Waals surface area (Å²) in [6, 6.07) is 6.06. The van der Waals surface area contributed by atoms with Crippen molar-refractivity contribution in [1.29, 1.82) is 0 Å². The molecule has 7 nitrogen and oxygen atoms in total. The molecule has 0 heterocycles. The molecular weight excluding hydrogens is 432 g/mol. The summed E-state index contributed by atoms with van der Waals surface area (Å²) in [4.78, 5) is 24.7. The first kappa shape index (κ1) is 28.1. The van der Waals surface area contributed by atoms with Crippen molar-refractivity contribution in [3.63, 3.8) is 0 Å². The number of hydrogen-bond acceptors (Lipinski definition) is 6. The smallest absolute Gasteiger partial charge is 0.339 e. The largest absolute Gasteiger partial charge is 0.462 e. The average molecular weight is 471 g/mol. The molecule has 0 aliphatic rings. The predicted octanol–water partition coefficient (Wildman–Crippen LogP) is 5.59. The second-order valence-corrected chi connectivity index (χ2v) is 9.98. The van der Waals surface area contributed by atoms with E-state index >= 15 is 0 Å². The van der Waals surface area contributed by atoms with Crippen LogP contribution in [0.2, 0.25) is 0 Å². The van der Waals surface area contributed by atoms with Crippen LogP contribution in [0, 0.1) is 0 Å². The Balaban J connectivity index is 2.30. The quantitative estimate of drug-likeness (QED) is 0.180. The minimum absolute atomic E-state index is 0.000950. The number of carbonyl (C=O) groups is 2. The first-order chi connectivity index (χ1) is 15.3. The molecular formula is C24H38O7S. The van der Waals surface area contributed by atoms with Gasteiger partial charge in [0.25, 0.3) is 10.1 Å². The minimum Gasteiger partial charge on any atom is -0.462 e. The Bertz CT molecular complexity index is 789. The molecule has 0 radical (unpaired) electrons. The van der Waals surface area contributed by atoms with E-state index in [2.05, 4.69) is 6.92 Å². The summed E-state index contributed by atoms with van der Waals surface area (Å²) < 4.78 is 41.3. The summed E-state index contributed by atoms with van der Waals surface area (Å²) in [5.74, 6) is -1.46. The highest BCUT2D eigenvalue weighted by Gasteiger charge is 2.23. The maximum atomic E-state index is 12.4. The lowest BCUT2D eigenvalue weighted by Crippen LogP contribution is -2.25. The van der Waals surface area contributed by atoms with Crippen LogP contribution in [-0.2, 0) is 19.6 Å². The number of unbranched alkanes of at least 4 members (excludes halogenated alkanes) is 10. The fraction of sp³-hybridized carbons (Fsp3) is 0.667. The van der Waals surface area contributed by atoms with Gasteiger partial charge < -0.3 is 9.47 Å². The van der Waals surface area contributed by atoms with E-state index in [9.17, 15) is 18.0 Å². The number of hydrogen-bond donors (Lipinski definition) is 1. The first-order valence-corrected chi connectivity index (χ1v) is 13.2. The van der Waals surface area contributed by atoms with Gasteiger partial charge in [-0.1, -0.05) is 83.3 Å². The van der Waals surface area contributed by atoms with Crippen molar-refractivity contribution in [2.75, 3.05) is 13.2 Å². The fourth-order valence-electron chi connectivity index (χ4n) is 3.20. The second-order valence-electron chi connectivity index (χ2n) is 8.14. The van der Waals surface area contributed by atoms with Gasteiger partial charge in [-0.3, -0.25) is 4.55 Å². The van der Waals surface area contributed by atoms with Crippen LogP contribution in [0.3, 0.4) is 0 Å². The molecule has 0 spiro atoms. The molecule has 1 unspecified atom stereocenters. The van der Waals surface area contributed by atoms with Crippen LogP contribution in [0.25, 0.3) is 0 Å². The molecule has 0 fully saturated rings. The van der Waals surface area contributed by atoms with Crippen LogP contribution in [0.4, 0.5) is 0 Å². The minimum atomic E-state index is -4.31. The molecule has 0 aromatic heterocycles. The van der Waals surface area contributed by atoms with Gasteiger partial charge in [-0.2, -0.15) is 8.42 Å². The Hall–Kier alpha value is -1.93. The van der Waals surface area contributed by atoms with Crippen LogP contribution in [0.5, 0.6) is 0 Å². The van der Waals surface area contributed by atoms with Crippen molar-refractivity contribution >= 4 is 22.1 Å². The lowest BCUT2D eigenvalue weighted by Gasteiger charge is -2.12. The van der Waals surface area contributed by atoms with Gasteiger partial charge in [0.15, 0.2) is 0 Å². The number of rotatable bonds is 17. The highest BCUT2D eigenvalue weighted by atomic mass is 32.2. The third kappa shape index (κ3) is 11.6. The monoisotopic (exact) mass is 470 g/mol. The molecule has 1 aromatic carbocycles. The molecule has 0 amide bonds. The summed E-state index contributed by atoms with van der Waals surface area (Å²) in [7, 11) is -4.31. The fourth-order valence-corrected chi connectivity index (χ4v) is 3.44. The van der Waals surface area contributed by atoms with Crippen LogP contribution in [0.1, 0.15) is 105 Å². The van der Waals surface area contributed by atoms with E-state index < -0.39 is 33.9 Å². The van der Waals surface area contributed by atoms with Gasteiger partial charge >= 0.3 is 11.9 Å². The van der Waals surface area contributed by atoms with E-state index in [1.54, 1.807) is 12.1 Å². The lowest BCUT2D eigenvalue weighted by atomic mass is 10.1. The third-order valence-electron chi connectivity index (χ3n) is 5.31. The van der Waals surface area contributed by atoms with Crippen LogP contribution < -0.4 is 0 Å². The molecule has 0 bridgehead atoms. The van der Waals surface area contributed by atoms with Gasteiger partial charge in [0.2, 0.25) is 0 Å². The molecule has 0 saturated heterocycles. The Kier molecular flexibility index (Phi) is 13.9. The van der Waals surface area contributed by atoms with Gasteiger partial charge in [-0.15, -0.1) is 0 Å². The normalized spacial score (nSPS) is 12.3. The van der Waals surface area contributed by atoms with Crippen LogP contribution in [0.15, 0.2) is 24.3 Å². The molecule has 1 rings (SSSR count). The van der Waals surface area contributed by atoms with Crippen molar-refractivity contribution < 1.29 is 32.0 Å². The summed E-state index contributed by atoms with van der Waals surface area (Å²) in [6.45, 7) is 3.21. The standard InChI is InChI=1S/C24H38O7S/c1-3-4-5-6-7-8-9-10-11-12-15-18-30-23(25)21-16-13-14-17-22(21)24(26)31-19-20(2)32(27,28)29/h13-14,16-17,20H,3-12,15,18-19H2,1-2H3,(H,27,28,29). The van der Waals surface area contributed by atoms with Crippen LogP contribution in [-0.4, -0.2) is 43.4 Å². The van der Waals surface area contributed by atoms with E-state index in [0.29, 0.717) is 0 Å². The highest BCUT2D eigenvalue weighted by Crippen LogP contribution is 2.14. The third-order valence-corrected chi connectivity index (χ3v) is 6.46. The zero-order valence-corrected chi connectivity index (χ0v) is 20.2. The van der Waals surface area contributed by atoms with E-state index in [1.165, 1.54) is 70.4 Å². The molecule has 1 atom stereocenters. The molecule has 1 aromatic rings. The molecule has 182 valence electrons. The average Bonchev–Trinajstić information content (AvgIpc) is 2.77. The molecule has 8 heteroatoms. The second kappa shape index (κ2) is 15.8. The van der Waals surface area contributed by atoms with Crippen molar-refractivity contribution in [3.05, 3.63) is 35.4 Å². The Morgan fingerprint density at radius 2 is 1.25 bits per heavy atom.